The number of benzene rings is 2. The van der Waals surface area contributed by atoms with Gasteiger partial charge in [-0.2, -0.15) is 0 Å². The number of halogens is 2. The van der Waals surface area contributed by atoms with E-state index in [0.29, 0.717) is 5.02 Å². The van der Waals surface area contributed by atoms with Crippen LogP contribution in [-0.2, 0) is 6.54 Å². The molecule has 106 valence electrons. The van der Waals surface area contributed by atoms with Crippen LogP contribution in [0.2, 0.25) is 5.02 Å². The third kappa shape index (κ3) is 3.36. The van der Waals surface area contributed by atoms with Gasteiger partial charge in [0.25, 0.3) is 0 Å². The zero-order valence-electron chi connectivity index (χ0n) is 11.5. The molecular weight excluding hydrogens is 348 g/mol. The molecule has 1 N–H and O–H groups in total. The van der Waals surface area contributed by atoms with Gasteiger partial charge >= 0.3 is 0 Å². The fourth-order valence-electron chi connectivity index (χ4n) is 2.20. The van der Waals surface area contributed by atoms with E-state index in [1.54, 1.807) is 0 Å². The standard InChI is InChI=1S/C17H14BrClN2/c1-11-2-4-13-8-12(3-7-17(13)21-11)10-20-14-5-6-16(19)15(18)9-14/h2-9,20H,10H2,1H3. The third-order valence-corrected chi connectivity index (χ3v) is 4.52. The minimum atomic E-state index is 0.715. The molecule has 0 saturated heterocycles. The monoisotopic (exact) mass is 360 g/mol. The Balaban J connectivity index is 1.78. The van der Waals surface area contributed by atoms with Crippen LogP contribution in [0.1, 0.15) is 11.3 Å². The van der Waals surface area contributed by atoms with Crippen LogP contribution in [0, 0.1) is 6.92 Å². The predicted molar refractivity (Wildman–Crippen MR) is 93.0 cm³/mol. The molecule has 0 aliphatic carbocycles. The maximum atomic E-state index is 5.99. The lowest BCUT2D eigenvalue weighted by atomic mass is 10.1. The van der Waals surface area contributed by atoms with Crippen molar-refractivity contribution in [3.8, 4) is 0 Å². The summed E-state index contributed by atoms with van der Waals surface area (Å²) in [6, 6.07) is 16.3. The van der Waals surface area contributed by atoms with Gasteiger partial charge in [0, 0.05) is 27.8 Å². The Morgan fingerprint density at radius 1 is 1.10 bits per heavy atom. The van der Waals surface area contributed by atoms with Crippen molar-refractivity contribution in [2.45, 2.75) is 13.5 Å². The van der Waals surface area contributed by atoms with E-state index in [9.17, 15) is 0 Å². The number of aryl methyl sites for hydroxylation is 1. The summed E-state index contributed by atoms with van der Waals surface area (Å²) in [6.45, 7) is 2.77. The second-order valence-electron chi connectivity index (χ2n) is 4.96. The molecule has 4 heteroatoms. The molecule has 1 aromatic heterocycles. The number of hydrogen-bond donors (Lipinski definition) is 1. The third-order valence-electron chi connectivity index (χ3n) is 3.31. The molecule has 0 spiro atoms. The Morgan fingerprint density at radius 2 is 1.95 bits per heavy atom. The molecule has 0 radical (unpaired) electrons. The van der Waals surface area contributed by atoms with E-state index in [0.717, 1.165) is 33.3 Å². The van der Waals surface area contributed by atoms with Gasteiger partial charge in [-0.1, -0.05) is 23.7 Å². The van der Waals surface area contributed by atoms with Gasteiger partial charge in [0.1, 0.15) is 0 Å². The van der Waals surface area contributed by atoms with Gasteiger partial charge in [0.05, 0.1) is 10.5 Å². The van der Waals surface area contributed by atoms with E-state index < -0.39 is 0 Å². The molecule has 21 heavy (non-hydrogen) atoms. The average molecular weight is 362 g/mol. The molecule has 0 saturated carbocycles. The zero-order chi connectivity index (χ0) is 14.8. The summed E-state index contributed by atoms with van der Waals surface area (Å²) in [5, 5.41) is 5.28. The Hall–Kier alpha value is -1.58. The van der Waals surface area contributed by atoms with Crippen molar-refractivity contribution in [1.82, 2.24) is 4.98 Å². The van der Waals surface area contributed by atoms with Gasteiger partial charge in [-0.25, -0.2) is 0 Å². The van der Waals surface area contributed by atoms with Gasteiger partial charge < -0.3 is 5.32 Å². The van der Waals surface area contributed by atoms with Crippen molar-refractivity contribution >= 4 is 44.1 Å². The lowest BCUT2D eigenvalue weighted by molar-refractivity contribution is 1.15. The highest BCUT2D eigenvalue weighted by atomic mass is 79.9. The van der Waals surface area contributed by atoms with Crippen LogP contribution in [0.25, 0.3) is 10.9 Å². The zero-order valence-corrected chi connectivity index (χ0v) is 13.9. The van der Waals surface area contributed by atoms with E-state index in [2.05, 4.69) is 50.5 Å². The summed E-state index contributed by atoms with van der Waals surface area (Å²) in [6.07, 6.45) is 0. The summed E-state index contributed by atoms with van der Waals surface area (Å²) in [5.74, 6) is 0. The SMILES string of the molecule is Cc1ccc2cc(CNc3ccc(Cl)c(Br)c3)ccc2n1. The van der Waals surface area contributed by atoms with Crippen LogP contribution in [0.3, 0.4) is 0 Å². The number of pyridine rings is 1. The quantitative estimate of drug-likeness (QED) is 0.659. The highest BCUT2D eigenvalue weighted by molar-refractivity contribution is 9.10. The smallest absolute Gasteiger partial charge is 0.0705 e. The van der Waals surface area contributed by atoms with E-state index in [-0.39, 0.29) is 0 Å². The van der Waals surface area contributed by atoms with Gasteiger partial charge in [0.2, 0.25) is 0 Å². The van der Waals surface area contributed by atoms with Crippen LogP contribution >= 0.6 is 27.5 Å². The van der Waals surface area contributed by atoms with E-state index in [4.69, 9.17) is 11.6 Å². The number of hydrogen-bond acceptors (Lipinski definition) is 2. The first kappa shape index (κ1) is 14.4. The van der Waals surface area contributed by atoms with Gasteiger partial charge in [0.15, 0.2) is 0 Å². The molecule has 1 heterocycles. The van der Waals surface area contributed by atoms with Crippen LogP contribution < -0.4 is 5.32 Å². The lowest BCUT2D eigenvalue weighted by Crippen LogP contribution is -1.99. The van der Waals surface area contributed by atoms with E-state index in [1.165, 1.54) is 5.56 Å². The summed E-state index contributed by atoms with van der Waals surface area (Å²) in [5.41, 5.74) is 4.33. The minimum absolute atomic E-state index is 0.715. The first-order chi connectivity index (χ1) is 10.1. The van der Waals surface area contributed by atoms with E-state index in [1.807, 2.05) is 31.2 Å². The first-order valence-corrected chi connectivity index (χ1v) is 7.84. The van der Waals surface area contributed by atoms with Gasteiger partial charge in [-0.15, -0.1) is 0 Å². The summed E-state index contributed by atoms with van der Waals surface area (Å²) in [7, 11) is 0. The molecule has 0 unspecified atom stereocenters. The van der Waals surface area contributed by atoms with Crippen molar-refractivity contribution in [3.63, 3.8) is 0 Å². The molecule has 2 nitrogen and oxygen atoms in total. The molecule has 2 aromatic carbocycles. The minimum Gasteiger partial charge on any atom is -0.381 e. The number of rotatable bonds is 3. The summed E-state index contributed by atoms with van der Waals surface area (Å²) >= 11 is 9.43. The molecule has 3 rings (SSSR count). The molecule has 0 fully saturated rings. The number of aromatic nitrogens is 1. The molecule has 0 amide bonds. The normalized spacial score (nSPS) is 10.8. The lowest BCUT2D eigenvalue weighted by Gasteiger charge is -2.09. The average Bonchev–Trinajstić information content (AvgIpc) is 2.48. The first-order valence-electron chi connectivity index (χ1n) is 6.67. The molecule has 0 bridgehead atoms. The summed E-state index contributed by atoms with van der Waals surface area (Å²) in [4.78, 5) is 4.52. The molecule has 0 atom stereocenters. The predicted octanol–water partition coefficient (Wildman–Crippen LogP) is 5.57. The largest absolute Gasteiger partial charge is 0.381 e. The molecular formula is C17H14BrClN2. The number of fused-ring (bicyclic) bond motifs is 1. The Kier molecular flexibility index (Phi) is 4.13. The fraction of sp³-hybridized carbons (Fsp3) is 0.118. The second-order valence-corrected chi connectivity index (χ2v) is 6.22. The molecule has 0 aliphatic rings. The maximum absolute atomic E-state index is 5.99. The summed E-state index contributed by atoms with van der Waals surface area (Å²) < 4.78 is 0.896. The number of nitrogens with one attached hydrogen (secondary N) is 1. The Bertz CT molecular complexity index is 802. The van der Waals surface area contributed by atoms with Crippen molar-refractivity contribution in [1.29, 1.82) is 0 Å². The number of nitrogens with zero attached hydrogens (tertiary/aromatic N) is 1. The molecule has 3 aromatic rings. The van der Waals surface area contributed by atoms with E-state index >= 15 is 0 Å². The van der Waals surface area contributed by atoms with Crippen molar-refractivity contribution in [2.24, 2.45) is 0 Å². The second kappa shape index (κ2) is 6.04. The van der Waals surface area contributed by atoms with Crippen LogP contribution in [-0.4, -0.2) is 4.98 Å². The van der Waals surface area contributed by atoms with Crippen molar-refractivity contribution in [2.75, 3.05) is 5.32 Å². The maximum Gasteiger partial charge on any atom is 0.0705 e. The highest BCUT2D eigenvalue weighted by Gasteiger charge is 2.01. The van der Waals surface area contributed by atoms with Crippen molar-refractivity contribution in [3.05, 3.63) is 69.3 Å². The van der Waals surface area contributed by atoms with Crippen LogP contribution in [0.15, 0.2) is 53.0 Å². The molecule has 0 aliphatic heterocycles. The van der Waals surface area contributed by atoms with Crippen molar-refractivity contribution < 1.29 is 0 Å². The Morgan fingerprint density at radius 3 is 2.76 bits per heavy atom. The van der Waals surface area contributed by atoms with Crippen LogP contribution in [0.4, 0.5) is 5.69 Å². The van der Waals surface area contributed by atoms with Crippen LogP contribution in [0.5, 0.6) is 0 Å². The van der Waals surface area contributed by atoms with Gasteiger partial charge in [-0.3, -0.25) is 4.98 Å². The fourth-order valence-corrected chi connectivity index (χ4v) is 2.69. The number of anilines is 1. The highest BCUT2D eigenvalue weighted by Crippen LogP contribution is 2.26. The van der Waals surface area contributed by atoms with Gasteiger partial charge in [-0.05, 0) is 64.8 Å². The topological polar surface area (TPSA) is 24.9 Å². The Labute approximate surface area is 137 Å².